The van der Waals surface area contributed by atoms with Crippen LogP contribution in [-0.4, -0.2) is 22.2 Å². The third-order valence-corrected chi connectivity index (χ3v) is 4.09. The van der Waals surface area contributed by atoms with Gasteiger partial charge in [0.05, 0.1) is 6.07 Å². The van der Waals surface area contributed by atoms with E-state index in [0.29, 0.717) is 12.8 Å². The molecule has 0 bridgehead atoms. The van der Waals surface area contributed by atoms with E-state index in [9.17, 15) is 19.8 Å². The molecule has 0 spiro atoms. The summed E-state index contributed by atoms with van der Waals surface area (Å²) < 4.78 is 0. The molecule has 0 aromatic heterocycles. The zero-order chi connectivity index (χ0) is 16.6. The molecule has 2 N–H and O–H groups in total. The SMILES string of the molecule is CCC(CC(CCC#N)Cc1ccccc1)(C(=O)O)C(=O)O. The average molecular weight is 303 g/mol. The molecule has 1 rings (SSSR count). The minimum Gasteiger partial charge on any atom is -0.480 e. The highest BCUT2D eigenvalue weighted by Gasteiger charge is 2.46. The molecule has 0 saturated carbocycles. The van der Waals surface area contributed by atoms with Gasteiger partial charge in [-0.2, -0.15) is 5.26 Å². The third kappa shape index (κ3) is 4.32. The molecular weight excluding hydrogens is 282 g/mol. The van der Waals surface area contributed by atoms with Crippen LogP contribution >= 0.6 is 0 Å². The molecule has 1 unspecified atom stereocenters. The van der Waals surface area contributed by atoms with Gasteiger partial charge in [-0.1, -0.05) is 37.3 Å². The Morgan fingerprint density at radius 2 is 1.82 bits per heavy atom. The van der Waals surface area contributed by atoms with Crippen LogP contribution in [-0.2, 0) is 16.0 Å². The molecule has 1 aromatic rings. The summed E-state index contributed by atoms with van der Waals surface area (Å²) >= 11 is 0. The van der Waals surface area contributed by atoms with Crippen LogP contribution in [0.25, 0.3) is 0 Å². The van der Waals surface area contributed by atoms with E-state index in [2.05, 4.69) is 6.07 Å². The second kappa shape index (κ2) is 8.18. The number of carboxylic acids is 2. The molecule has 5 heteroatoms. The molecule has 1 atom stereocenters. The lowest BCUT2D eigenvalue weighted by Gasteiger charge is -2.28. The molecule has 1 aromatic carbocycles. The second-order valence-electron chi connectivity index (χ2n) is 5.50. The maximum atomic E-state index is 11.5. The van der Waals surface area contributed by atoms with Crippen LogP contribution in [0, 0.1) is 22.7 Å². The molecular formula is C17H21NO4. The number of carbonyl (C=O) groups is 2. The fraction of sp³-hybridized carbons (Fsp3) is 0.471. The van der Waals surface area contributed by atoms with Gasteiger partial charge >= 0.3 is 11.9 Å². The molecule has 0 fully saturated rings. The van der Waals surface area contributed by atoms with Crippen LogP contribution in [0.4, 0.5) is 0 Å². The van der Waals surface area contributed by atoms with Gasteiger partial charge in [-0.3, -0.25) is 9.59 Å². The summed E-state index contributed by atoms with van der Waals surface area (Å²) in [5, 5.41) is 27.5. The molecule has 0 aliphatic rings. The van der Waals surface area contributed by atoms with E-state index < -0.39 is 17.4 Å². The van der Waals surface area contributed by atoms with Gasteiger partial charge in [0.25, 0.3) is 0 Å². The summed E-state index contributed by atoms with van der Waals surface area (Å²) in [6, 6.07) is 11.6. The highest BCUT2D eigenvalue weighted by molar-refractivity contribution is 5.98. The Hall–Kier alpha value is -2.35. The lowest BCUT2D eigenvalue weighted by atomic mass is 9.74. The highest BCUT2D eigenvalue weighted by Crippen LogP contribution is 2.34. The molecule has 0 radical (unpaired) electrons. The largest absolute Gasteiger partial charge is 0.480 e. The average Bonchev–Trinajstić information content (AvgIpc) is 2.50. The minimum absolute atomic E-state index is 0.0233. The van der Waals surface area contributed by atoms with Gasteiger partial charge in [-0.05, 0) is 37.2 Å². The number of benzene rings is 1. The summed E-state index contributed by atoms with van der Waals surface area (Å²) in [6.45, 7) is 1.58. The van der Waals surface area contributed by atoms with Crippen molar-refractivity contribution in [2.24, 2.45) is 11.3 Å². The van der Waals surface area contributed by atoms with Gasteiger partial charge < -0.3 is 10.2 Å². The number of nitrogens with zero attached hydrogens (tertiary/aromatic N) is 1. The van der Waals surface area contributed by atoms with E-state index in [1.807, 2.05) is 30.3 Å². The molecule has 5 nitrogen and oxygen atoms in total. The number of hydrogen-bond acceptors (Lipinski definition) is 3. The topological polar surface area (TPSA) is 98.4 Å². The molecule has 0 saturated heterocycles. The Kier molecular flexibility index (Phi) is 6.58. The Morgan fingerprint density at radius 3 is 2.27 bits per heavy atom. The van der Waals surface area contributed by atoms with Crippen LogP contribution in [0.5, 0.6) is 0 Å². The van der Waals surface area contributed by atoms with Crippen molar-refractivity contribution in [3.63, 3.8) is 0 Å². The van der Waals surface area contributed by atoms with Crippen molar-refractivity contribution in [2.45, 2.75) is 39.0 Å². The van der Waals surface area contributed by atoms with Crippen molar-refractivity contribution in [3.05, 3.63) is 35.9 Å². The summed E-state index contributed by atoms with van der Waals surface area (Å²) in [5.41, 5.74) is -0.763. The van der Waals surface area contributed by atoms with E-state index >= 15 is 0 Å². The smallest absolute Gasteiger partial charge is 0.321 e. The maximum Gasteiger partial charge on any atom is 0.321 e. The fourth-order valence-corrected chi connectivity index (χ4v) is 2.70. The molecule has 0 aliphatic carbocycles. The highest BCUT2D eigenvalue weighted by atomic mass is 16.4. The maximum absolute atomic E-state index is 11.5. The van der Waals surface area contributed by atoms with Crippen molar-refractivity contribution in [1.82, 2.24) is 0 Å². The van der Waals surface area contributed by atoms with Gasteiger partial charge in [-0.15, -0.1) is 0 Å². The van der Waals surface area contributed by atoms with Crippen LogP contribution in [0.1, 0.15) is 38.2 Å². The first-order chi connectivity index (χ1) is 10.5. The van der Waals surface area contributed by atoms with Gasteiger partial charge in [0.1, 0.15) is 0 Å². The Balaban J connectivity index is 2.98. The van der Waals surface area contributed by atoms with Crippen molar-refractivity contribution in [2.75, 3.05) is 0 Å². The predicted octanol–water partition coefficient (Wildman–Crippen LogP) is 3.10. The van der Waals surface area contributed by atoms with Crippen LogP contribution in [0.15, 0.2) is 30.3 Å². The molecule has 0 aliphatic heterocycles. The predicted molar refractivity (Wildman–Crippen MR) is 81.1 cm³/mol. The third-order valence-electron chi connectivity index (χ3n) is 4.09. The lowest BCUT2D eigenvalue weighted by molar-refractivity contribution is -0.166. The normalized spacial score (nSPS) is 12.4. The van der Waals surface area contributed by atoms with Gasteiger partial charge in [0.2, 0.25) is 0 Å². The van der Waals surface area contributed by atoms with Crippen molar-refractivity contribution >= 4 is 11.9 Å². The molecule has 118 valence electrons. The first-order valence-electron chi connectivity index (χ1n) is 7.34. The first-order valence-corrected chi connectivity index (χ1v) is 7.34. The van der Waals surface area contributed by atoms with E-state index in [1.54, 1.807) is 6.92 Å². The summed E-state index contributed by atoms with van der Waals surface area (Å²) in [6.07, 6.45) is 1.41. The summed E-state index contributed by atoms with van der Waals surface area (Å²) in [4.78, 5) is 23.0. The van der Waals surface area contributed by atoms with Crippen LogP contribution in [0.2, 0.25) is 0 Å². The number of carboxylic acid groups (broad SMARTS) is 2. The van der Waals surface area contributed by atoms with E-state index in [0.717, 1.165) is 5.56 Å². The monoisotopic (exact) mass is 303 g/mol. The standard InChI is InChI=1S/C17H21NO4/c1-2-17(15(19)20,16(21)22)12-14(9-6-10-18)11-13-7-4-3-5-8-13/h3-5,7-8,14H,2,6,9,11-12H2,1H3,(H,19,20)(H,21,22). The fourth-order valence-electron chi connectivity index (χ4n) is 2.70. The number of aliphatic carboxylic acids is 2. The van der Waals surface area contributed by atoms with Crippen molar-refractivity contribution in [1.29, 1.82) is 5.26 Å². The number of rotatable bonds is 9. The Bertz CT molecular complexity index is 534. The van der Waals surface area contributed by atoms with Crippen LogP contribution in [0.3, 0.4) is 0 Å². The van der Waals surface area contributed by atoms with Gasteiger partial charge in [-0.25, -0.2) is 0 Å². The van der Waals surface area contributed by atoms with E-state index in [4.69, 9.17) is 5.26 Å². The van der Waals surface area contributed by atoms with Crippen molar-refractivity contribution < 1.29 is 19.8 Å². The zero-order valence-corrected chi connectivity index (χ0v) is 12.7. The Morgan fingerprint density at radius 1 is 1.23 bits per heavy atom. The number of hydrogen-bond donors (Lipinski definition) is 2. The van der Waals surface area contributed by atoms with E-state index in [-0.39, 0.29) is 25.2 Å². The quantitative estimate of drug-likeness (QED) is 0.683. The van der Waals surface area contributed by atoms with Gasteiger partial charge in [0, 0.05) is 6.42 Å². The molecule has 0 heterocycles. The second-order valence-corrected chi connectivity index (χ2v) is 5.50. The lowest BCUT2D eigenvalue weighted by Crippen LogP contribution is -2.40. The van der Waals surface area contributed by atoms with E-state index in [1.165, 1.54) is 0 Å². The summed E-state index contributed by atoms with van der Waals surface area (Å²) in [7, 11) is 0. The molecule has 0 amide bonds. The van der Waals surface area contributed by atoms with Gasteiger partial charge in [0.15, 0.2) is 5.41 Å². The van der Waals surface area contributed by atoms with Crippen LogP contribution < -0.4 is 0 Å². The minimum atomic E-state index is -1.78. The summed E-state index contributed by atoms with van der Waals surface area (Å²) in [5.74, 6) is -2.77. The first kappa shape index (κ1) is 17.7. The molecule has 22 heavy (non-hydrogen) atoms. The zero-order valence-electron chi connectivity index (χ0n) is 12.7. The Labute approximate surface area is 130 Å². The number of nitriles is 1. The van der Waals surface area contributed by atoms with Crippen molar-refractivity contribution in [3.8, 4) is 6.07 Å².